The number of rotatable bonds is 12. The minimum absolute atomic E-state index is 0.0429. The lowest BCUT2D eigenvalue weighted by atomic mass is 9.91. The van der Waals surface area contributed by atoms with E-state index in [0.29, 0.717) is 6.42 Å². The number of amides is 1. The Labute approximate surface area is 154 Å². The highest BCUT2D eigenvalue weighted by Crippen LogP contribution is 2.21. The van der Waals surface area contributed by atoms with Gasteiger partial charge < -0.3 is 19.5 Å². The van der Waals surface area contributed by atoms with E-state index in [9.17, 15) is 19.2 Å². The largest absolute Gasteiger partial charge is 0.463 e. The Bertz CT molecular complexity index is 526. The summed E-state index contributed by atoms with van der Waals surface area (Å²) in [7, 11) is 0. The summed E-state index contributed by atoms with van der Waals surface area (Å²) in [5.41, 5.74) is -0.288. The molecule has 0 aliphatic heterocycles. The van der Waals surface area contributed by atoms with Gasteiger partial charge in [0.1, 0.15) is 19.8 Å². The minimum atomic E-state index is -0.567. The van der Waals surface area contributed by atoms with E-state index in [-0.39, 0.29) is 56.7 Å². The van der Waals surface area contributed by atoms with Gasteiger partial charge in [0.2, 0.25) is 5.91 Å². The van der Waals surface area contributed by atoms with Crippen molar-refractivity contribution in [3.63, 3.8) is 0 Å². The molecule has 148 valence electrons. The molecule has 0 unspecified atom stereocenters. The van der Waals surface area contributed by atoms with Crippen molar-refractivity contribution >= 4 is 23.8 Å². The fourth-order valence-electron chi connectivity index (χ4n) is 1.46. The zero-order valence-electron chi connectivity index (χ0n) is 16.0. The van der Waals surface area contributed by atoms with Gasteiger partial charge >= 0.3 is 17.9 Å². The van der Waals surface area contributed by atoms with Gasteiger partial charge in [0.05, 0.1) is 18.4 Å². The first-order valence-electron chi connectivity index (χ1n) is 8.52. The zero-order valence-corrected chi connectivity index (χ0v) is 16.0. The monoisotopic (exact) mass is 371 g/mol. The predicted molar refractivity (Wildman–Crippen MR) is 94.0 cm³/mol. The van der Waals surface area contributed by atoms with Gasteiger partial charge in [0, 0.05) is 12.0 Å². The van der Waals surface area contributed by atoms with Crippen molar-refractivity contribution in [3.05, 3.63) is 12.2 Å². The zero-order chi connectivity index (χ0) is 20.2. The third-order valence-corrected chi connectivity index (χ3v) is 3.58. The summed E-state index contributed by atoms with van der Waals surface area (Å²) in [5.74, 6) is -1.78. The van der Waals surface area contributed by atoms with Crippen LogP contribution in [-0.2, 0) is 33.4 Å². The van der Waals surface area contributed by atoms with Gasteiger partial charge in [-0.2, -0.15) is 0 Å². The van der Waals surface area contributed by atoms with Crippen LogP contribution < -0.4 is 5.32 Å². The average molecular weight is 371 g/mol. The number of esters is 3. The Morgan fingerprint density at radius 1 is 0.962 bits per heavy atom. The summed E-state index contributed by atoms with van der Waals surface area (Å²) in [6.45, 7) is 10.5. The third-order valence-electron chi connectivity index (χ3n) is 3.58. The molecule has 0 aromatic carbocycles. The molecule has 0 fully saturated rings. The molecular weight excluding hydrogens is 342 g/mol. The van der Waals surface area contributed by atoms with Gasteiger partial charge in [-0.3, -0.25) is 14.4 Å². The number of nitrogens with one attached hydrogen (secondary N) is 1. The maximum Gasteiger partial charge on any atom is 0.333 e. The second kappa shape index (κ2) is 12.1. The summed E-state index contributed by atoms with van der Waals surface area (Å²) in [5, 5.41) is 2.55. The van der Waals surface area contributed by atoms with Gasteiger partial charge in [-0.05, 0) is 27.2 Å². The Kier molecular flexibility index (Phi) is 10.9. The van der Waals surface area contributed by atoms with Crippen LogP contribution in [0.5, 0.6) is 0 Å². The van der Waals surface area contributed by atoms with E-state index < -0.39 is 17.4 Å². The Morgan fingerprint density at radius 2 is 1.58 bits per heavy atom. The second-order valence-electron chi connectivity index (χ2n) is 6.36. The quantitative estimate of drug-likeness (QED) is 0.240. The van der Waals surface area contributed by atoms with Crippen LogP contribution in [0.4, 0.5) is 0 Å². The molecule has 0 saturated heterocycles. The van der Waals surface area contributed by atoms with E-state index in [1.807, 2.05) is 6.92 Å². The van der Waals surface area contributed by atoms with Gasteiger partial charge in [-0.15, -0.1) is 0 Å². The lowest BCUT2D eigenvalue weighted by Crippen LogP contribution is -2.31. The first kappa shape index (κ1) is 23.6. The number of carbonyl (C=O) groups excluding carboxylic acids is 4. The summed E-state index contributed by atoms with van der Waals surface area (Å²) < 4.78 is 14.7. The molecule has 0 bridgehead atoms. The standard InChI is InChI=1S/C18H29NO7/c1-6-18(4,5)17(23)26-10-9-19-14(20)7-8-15(21)24-11-12-25-16(22)13(2)3/h2,6-12H2,1,3-5H3,(H,19,20). The lowest BCUT2D eigenvalue weighted by molar-refractivity contribution is -0.154. The topological polar surface area (TPSA) is 108 Å². The lowest BCUT2D eigenvalue weighted by Gasteiger charge is -2.20. The normalized spacial score (nSPS) is 10.6. The molecule has 8 nitrogen and oxygen atoms in total. The van der Waals surface area contributed by atoms with Gasteiger partial charge in [0.25, 0.3) is 0 Å². The molecule has 0 heterocycles. The Hall–Kier alpha value is -2.38. The van der Waals surface area contributed by atoms with E-state index >= 15 is 0 Å². The van der Waals surface area contributed by atoms with Crippen molar-refractivity contribution in [1.29, 1.82) is 0 Å². The smallest absolute Gasteiger partial charge is 0.333 e. The number of ether oxygens (including phenoxy) is 3. The van der Waals surface area contributed by atoms with Crippen LogP contribution >= 0.6 is 0 Å². The molecule has 0 atom stereocenters. The first-order valence-corrected chi connectivity index (χ1v) is 8.52. The van der Waals surface area contributed by atoms with Gasteiger partial charge in [-0.25, -0.2) is 4.79 Å². The molecule has 0 aliphatic rings. The molecule has 0 spiro atoms. The molecule has 26 heavy (non-hydrogen) atoms. The van der Waals surface area contributed by atoms with Crippen LogP contribution in [0.25, 0.3) is 0 Å². The maximum atomic E-state index is 11.7. The van der Waals surface area contributed by atoms with Crippen molar-refractivity contribution in [1.82, 2.24) is 5.32 Å². The minimum Gasteiger partial charge on any atom is -0.463 e. The first-order chi connectivity index (χ1) is 12.1. The van der Waals surface area contributed by atoms with E-state index in [0.717, 1.165) is 0 Å². The third kappa shape index (κ3) is 10.5. The number of hydrogen-bond acceptors (Lipinski definition) is 7. The molecule has 0 aromatic rings. The van der Waals surface area contributed by atoms with Crippen molar-refractivity contribution < 1.29 is 33.4 Å². The van der Waals surface area contributed by atoms with Crippen LogP contribution in [0.2, 0.25) is 0 Å². The molecule has 1 N–H and O–H groups in total. The summed E-state index contributed by atoms with van der Waals surface area (Å²) in [6, 6.07) is 0. The summed E-state index contributed by atoms with van der Waals surface area (Å²) in [6.07, 6.45) is 0.522. The molecule has 0 saturated carbocycles. The molecule has 0 aromatic heterocycles. The number of hydrogen-bond donors (Lipinski definition) is 1. The highest BCUT2D eigenvalue weighted by molar-refractivity contribution is 5.87. The van der Waals surface area contributed by atoms with Gasteiger partial charge in [0.15, 0.2) is 0 Å². The highest BCUT2D eigenvalue weighted by atomic mass is 16.6. The summed E-state index contributed by atoms with van der Waals surface area (Å²) >= 11 is 0. The van der Waals surface area contributed by atoms with Crippen LogP contribution in [0.1, 0.15) is 47.0 Å². The molecule has 8 heteroatoms. The Morgan fingerprint density at radius 3 is 2.15 bits per heavy atom. The fourth-order valence-corrected chi connectivity index (χ4v) is 1.46. The van der Waals surface area contributed by atoms with E-state index in [1.54, 1.807) is 13.8 Å². The molecular formula is C18H29NO7. The van der Waals surface area contributed by atoms with Crippen molar-refractivity contribution in [2.24, 2.45) is 5.41 Å². The number of carbonyl (C=O) groups is 4. The molecule has 0 radical (unpaired) electrons. The second-order valence-corrected chi connectivity index (χ2v) is 6.36. The average Bonchev–Trinajstić information content (AvgIpc) is 2.59. The van der Waals surface area contributed by atoms with Crippen LogP contribution in [-0.4, -0.2) is 50.2 Å². The molecule has 1 amide bonds. The Balaban J connectivity index is 3.76. The highest BCUT2D eigenvalue weighted by Gasteiger charge is 2.26. The van der Waals surface area contributed by atoms with Gasteiger partial charge in [-0.1, -0.05) is 13.5 Å². The van der Waals surface area contributed by atoms with Crippen molar-refractivity contribution in [3.8, 4) is 0 Å². The van der Waals surface area contributed by atoms with Crippen LogP contribution in [0.3, 0.4) is 0 Å². The fraction of sp³-hybridized carbons (Fsp3) is 0.667. The van der Waals surface area contributed by atoms with Crippen LogP contribution in [0, 0.1) is 5.41 Å². The predicted octanol–water partition coefficient (Wildman–Crippen LogP) is 1.52. The van der Waals surface area contributed by atoms with Crippen molar-refractivity contribution in [2.45, 2.75) is 47.0 Å². The molecule has 0 aliphatic carbocycles. The molecule has 0 rings (SSSR count). The van der Waals surface area contributed by atoms with E-state index in [4.69, 9.17) is 14.2 Å². The maximum absolute atomic E-state index is 11.7. The van der Waals surface area contributed by atoms with Crippen molar-refractivity contribution in [2.75, 3.05) is 26.4 Å². The SMILES string of the molecule is C=C(C)C(=O)OCCOC(=O)CCC(=O)NCCOC(=O)C(C)(C)CC. The van der Waals surface area contributed by atoms with E-state index in [2.05, 4.69) is 11.9 Å². The van der Waals surface area contributed by atoms with Crippen LogP contribution in [0.15, 0.2) is 12.2 Å². The summed E-state index contributed by atoms with van der Waals surface area (Å²) in [4.78, 5) is 45.9. The van der Waals surface area contributed by atoms with E-state index in [1.165, 1.54) is 6.92 Å².